The van der Waals surface area contributed by atoms with Crippen LogP contribution in [0.1, 0.15) is 35.3 Å². The molecule has 0 aliphatic rings. The SMILES string of the molecule is Cc1ccc(SC(C)(C)C(=O)c2ccc(C)cc2)cc1. The van der Waals surface area contributed by atoms with E-state index in [4.69, 9.17) is 0 Å². The number of thioether (sulfide) groups is 1. The molecular formula is C18H20OS. The van der Waals surface area contributed by atoms with Gasteiger partial charge in [-0.2, -0.15) is 0 Å². The molecular weight excluding hydrogens is 264 g/mol. The molecule has 0 aliphatic heterocycles. The van der Waals surface area contributed by atoms with Gasteiger partial charge in [0.2, 0.25) is 0 Å². The highest BCUT2D eigenvalue weighted by atomic mass is 32.2. The molecule has 0 saturated heterocycles. The number of benzene rings is 2. The fourth-order valence-corrected chi connectivity index (χ4v) is 3.07. The van der Waals surface area contributed by atoms with Gasteiger partial charge in [-0.05, 0) is 39.8 Å². The summed E-state index contributed by atoms with van der Waals surface area (Å²) in [5.41, 5.74) is 3.18. The Morgan fingerprint density at radius 2 is 1.30 bits per heavy atom. The predicted octanol–water partition coefficient (Wildman–Crippen LogP) is 5.06. The molecule has 0 aliphatic carbocycles. The standard InChI is InChI=1S/C18H20OS/c1-13-5-9-15(10-6-13)17(19)18(3,4)20-16-11-7-14(2)8-12-16/h5-12H,1-4H3. The third-order valence-electron chi connectivity index (χ3n) is 3.25. The summed E-state index contributed by atoms with van der Waals surface area (Å²) in [6, 6.07) is 16.1. The molecule has 0 atom stereocenters. The third-order valence-corrected chi connectivity index (χ3v) is 4.46. The average Bonchev–Trinajstić information content (AvgIpc) is 2.41. The van der Waals surface area contributed by atoms with Gasteiger partial charge >= 0.3 is 0 Å². The number of hydrogen-bond acceptors (Lipinski definition) is 2. The Balaban J connectivity index is 2.18. The van der Waals surface area contributed by atoms with Crippen LogP contribution in [0, 0.1) is 13.8 Å². The lowest BCUT2D eigenvalue weighted by Crippen LogP contribution is -2.27. The lowest BCUT2D eigenvalue weighted by Gasteiger charge is -2.22. The Bertz CT molecular complexity index is 594. The molecule has 0 spiro atoms. The Labute approximate surface area is 125 Å². The van der Waals surface area contributed by atoms with Crippen LogP contribution in [0.5, 0.6) is 0 Å². The second kappa shape index (κ2) is 5.84. The Hall–Kier alpha value is -1.54. The summed E-state index contributed by atoms with van der Waals surface area (Å²) in [5, 5.41) is 0. The fraction of sp³-hybridized carbons (Fsp3) is 0.278. The molecule has 2 heteroatoms. The van der Waals surface area contributed by atoms with E-state index in [-0.39, 0.29) is 5.78 Å². The van der Waals surface area contributed by atoms with Gasteiger partial charge in [0.15, 0.2) is 5.78 Å². The van der Waals surface area contributed by atoms with Gasteiger partial charge in [0.05, 0.1) is 4.75 Å². The summed E-state index contributed by atoms with van der Waals surface area (Å²) in [6.45, 7) is 8.07. The average molecular weight is 284 g/mol. The van der Waals surface area contributed by atoms with E-state index in [2.05, 4.69) is 31.2 Å². The molecule has 20 heavy (non-hydrogen) atoms. The molecule has 2 aromatic rings. The molecule has 0 unspecified atom stereocenters. The summed E-state index contributed by atoms with van der Waals surface area (Å²) in [4.78, 5) is 13.8. The molecule has 0 saturated carbocycles. The Morgan fingerprint density at radius 1 is 0.850 bits per heavy atom. The highest BCUT2D eigenvalue weighted by molar-refractivity contribution is 8.01. The van der Waals surface area contributed by atoms with Crippen LogP contribution in [-0.4, -0.2) is 10.5 Å². The zero-order chi connectivity index (χ0) is 14.8. The van der Waals surface area contributed by atoms with Crippen molar-refractivity contribution in [2.75, 3.05) is 0 Å². The van der Waals surface area contributed by atoms with E-state index in [1.165, 1.54) is 11.1 Å². The minimum absolute atomic E-state index is 0.170. The number of carbonyl (C=O) groups is 1. The first kappa shape index (κ1) is 14.9. The lowest BCUT2D eigenvalue weighted by atomic mass is 9.99. The molecule has 0 amide bonds. The molecule has 0 radical (unpaired) electrons. The van der Waals surface area contributed by atoms with Crippen molar-refractivity contribution in [2.45, 2.75) is 37.3 Å². The first-order valence-electron chi connectivity index (χ1n) is 6.76. The second-order valence-corrected chi connectivity index (χ2v) is 7.32. The van der Waals surface area contributed by atoms with Gasteiger partial charge in [-0.1, -0.05) is 47.5 Å². The predicted molar refractivity (Wildman–Crippen MR) is 86.6 cm³/mol. The highest BCUT2D eigenvalue weighted by Gasteiger charge is 2.29. The zero-order valence-electron chi connectivity index (χ0n) is 12.4. The van der Waals surface area contributed by atoms with Gasteiger partial charge in [0.1, 0.15) is 0 Å². The number of Topliss-reactive ketones (excluding diaryl/α,β-unsaturated/α-hetero) is 1. The first-order valence-corrected chi connectivity index (χ1v) is 7.57. The van der Waals surface area contributed by atoms with Crippen LogP contribution >= 0.6 is 11.8 Å². The second-order valence-electron chi connectivity index (χ2n) is 5.62. The maximum Gasteiger partial charge on any atom is 0.178 e. The molecule has 104 valence electrons. The van der Waals surface area contributed by atoms with Crippen molar-refractivity contribution in [1.82, 2.24) is 0 Å². The van der Waals surface area contributed by atoms with Crippen LogP contribution in [-0.2, 0) is 0 Å². The number of rotatable bonds is 4. The van der Waals surface area contributed by atoms with E-state index in [1.54, 1.807) is 11.8 Å². The molecule has 1 nitrogen and oxygen atoms in total. The van der Waals surface area contributed by atoms with Crippen molar-refractivity contribution in [3.63, 3.8) is 0 Å². The quantitative estimate of drug-likeness (QED) is 0.577. The van der Waals surface area contributed by atoms with Gasteiger partial charge in [-0.25, -0.2) is 0 Å². The van der Waals surface area contributed by atoms with E-state index in [0.29, 0.717) is 0 Å². The number of carbonyl (C=O) groups excluding carboxylic acids is 1. The largest absolute Gasteiger partial charge is 0.293 e. The summed E-state index contributed by atoms with van der Waals surface area (Å²) >= 11 is 1.61. The van der Waals surface area contributed by atoms with E-state index in [1.807, 2.05) is 45.0 Å². The van der Waals surface area contributed by atoms with E-state index < -0.39 is 4.75 Å². The van der Waals surface area contributed by atoms with E-state index >= 15 is 0 Å². The van der Waals surface area contributed by atoms with Crippen LogP contribution in [0.15, 0.2) is 53.4 Å². The minimum Gasteiger partial charge on any atom is -0.293 e. The van der Waals surface area contributed by atoms with Gasteiger partial charge in [-0.15, -0.1) is 11.8 Å². The summed E-state index contributed by atoms with van der Waals surface area (Å²) < 4.78 is -0.468. The van der Waals surface area contributed by atoms with Crippen LogP contribution < -0.4 is 0 Å². The molecule has 2 aromatic carbocycles. The maximum atomic E-state index is 12.6. The summed E-state index contributed by atoms with van der Waals surface area (Å²) in [5.74, 6) is 0.170. The van der Waals surface area contributed by atoms with Crippen molar-refractivity contribution in [3.8, 4) is 0 Å². The zero-order valence-corrected chi connectivity index (χ0v) is 13.3. The minimum atomic E-state index is -0.468. The Kier molecular flexibility index (Phi) is 4.34. The van der Waals surface area contributed by atoms with Crippen LogP contribution in [0.4, 0.5) is 0 Å². The van der Waals surface area contributed by atoms with Gasteiger partial charge in [0.25, 0.3) is 0 Å². The van der Waals surface area contributed by atoms with Crippen LogP contribution in [0.25, 0.3) is 0 Å². The number of aryl methyl sites for hydroxylation is 2. The summed E-state index contributed by atoms with van der Waals surface area (Å²) in [7, 11) is 0. The summed E-state index contributed by atoms with van der Waals surface area (Å²) in [6.07, 6.45) is 0. The fourth-order valence-electron chi connectivity index (χ4n) is 2.00. The van der Waals surface area contributed by atoms with Crippen LogP contribution in [0.3, 0.4) is 0 Å². The number of ketones is 1. The third kappa shape index (κ3) is 3.51. The van der Waals surface area contributed by atoms with Crippen molar-refractivity contribution in [1.29, 1.82) is 0 Å². The normalized spacial score (nSPS) is 11.4. The maximum absolute atomic E-state index is 12.6. The first-order chi connectivity index (χ1) is 9.38. The van der Waals surface area contributed by atoms with Gasteiger partial charge < -0.3 is 0 Å². The molecule has 0 bridgehead atoms. The Morgan fingerprint density at radius 3 is 1.80 bits per heavy atom. The highest BCUT2D eigenvalue weighted by Crippen LogP contribution is 2.35. The van der Waals surface area contributed by atoms with Gasteiger partial charge in [-0.3, -0.25) is 4.79 Å². The van der Waals surface area contributed by atoms with E-state index in [9.17, 15) is 4.79 Å². The molecule has 0 N–H and O–H groups in total. The van der Waals surface area contributed by atoms with Gasteiger partial charge in [0, 0.05) is 10.5 Å². The molecule has 0 heterocycles. The van der Waals surface area contributed by atoms with Crippen LogP contribution in [0.2, 0.25) is 0 Å². The smallest absolute Gasteiger partial charge is 0.178 e. The lowest BCUT2D eigenvalue weighted by molar-refractivity contribution is 0.0958. The van der Waals surface area contributed by atoms with E-state index in [0.717, 1.165) is 10.5 Å². The van der Waals surface area contributed by atoms with Crippen molar-refractivity contribution in [3.05, 3.63) is 65.2 Å². The number of hydrogen-bond donors (Lipinski definition) is 0. The van der Waals surface area contributed by atoms with Crippen molar-refractivity contribution < 1.29 is 4.79 Å². The molecule has 0 aromatic heterocycles. The molecule has 0 fully saturated rings. The monoisotopic (exact) mass is 284 g/mol. The van der Waals surface area contributed by atoms with Crippen molar-refractivity contribution >= 4 is 17.5 Å². The topological polar surface area (TPSA) is 17.1 Å². The van der Waals surface area contributed by atoms with Crippen molar-refractivity contribution in [2.24, 2.45) is 0 Å². The molecule has 2 rings (SSSR count).